The second-order valence-corrected chi connectivity index (χ2v) is 7.39. The maximum atomic E-state index is 14.2. The Hall–Kier alpha value is -0.700. The minimum absolute atomic E-state index is 0.102. The molecule has 0 aliphatic carbocycles. The predicted octanol–water partition coefficient (Wildman–Crippen LogP) is 3.75. The Morgan fingerprint density at radius 1 is 1.19 bits per heavy atom. The molecule has 1 rings (SSSR count). The normalized spacial score (nSPS) is 12.6. The van der Waals surface area contributed by atoms with Crippen LogP contribution >= 0.6 is 10.9 Å². The largest absolute Gasteiger partial charge is 0.493 e. The highest BCUT2D eigenvalue weighted by atomic mass is 32.2. The number of benzene rings is 1. The van der Waals surface area contributed by atoms with Crippen molar-refractivity contribution in [2.75, 3.05) is 19.6 Å². The molecule has 0 saturated carbocycles. The van der Waals surface area contributed by atoms with E-state index in [9.17, 15) is 4.39 Å². The van der Waals surface area contributed by atoms with Crippen molar-refractivity contribution in [2.45, 2.75) is 31.1 Å². The van der Waals surface area contributed by atoms with Gasteiger partial charge in [0.05, 0.1) is 7.11 Å². The van der Waals surface area contributed by atoms with Gasteiger partial charge in [0.1, 0.15) is 0 Å². The summed E-state index contributed by atoms with van der Waals surface area (Å²) in [6.45, 7) is 6.18. The molecule has 0 amide bonds. The van der Waals surface area contributed by atoms with Crippen molar-refractivity contribution in [1.29, 1.82) is 0 Å². The van der Waals surface area contributed by atoms with Gasteiger partial charge >= 0.3 is 0 Å². The number of halogens is 1. The number of methoxy groups -OCH3 is 1. The van der Waals surface area contributed by atoms with Crippen LogP contribution in [0.2, 0.25) is 0 Å². The molecule has 1 aromatic carbocycles. The first-order chi connectivity index (χ1) is 7.29. The van der Waals surface area contributed by atoms with Gasteiger partial charge < -0.3 is 4.74 Å². The summed E-state index contributed by atoms with van der Waals surface area (Å²) in [7, 11) is 1.09. The lowest BCUT2D eigenvalue weighted by molar-refractivity contribution is 0.366. The van der Waals surface area contributed by atoms with Crippen molar-refractivity contribution in [2.24, 2.45) is 0 Å². The van der Waals surface area contributed by atoms with E-state index in [2.05, 4.69) is 20.8 Å². The van der Waals surface area contributed by atoms with E-state index in [1.807, 2.05) is 24.6 Å². The summed E-state index contributed by atoms with van der Waals surface area (Å²) in [6.07, 6.45) is 4.09. The number of hydrogen-bond donors (Lipinski definition) is 1. The summed E-state index contributed by atoms with van der Waals surface area (Å²) < 4.78 is 19.4. The van der Waals surface area contributed by atoms with Crippen LogP contribution in [0.5, 0.6) is 5.75 Å². The number of rotatable bonds is 2. The highest BCUT2D eigenvalue weighted by molar-refractivity contribution is 8.15. The van der Waals surface area contributed by atoms with E-state index < -0.39 is 10.9 Å². The summed E-state index contributed by atoms with van der Waals surface area (Å²) >= 11 is 0. The monoisotopic (exact) mass is 244 g/mol. The molecule has 0 aliphatic rings. The molecule has 0 atom stereocenters. The summed E-state index contributed by atoms with van der Waals surface area (Å²) in [4.78, 5) is 0.778. The van der Waals surface area contributed by atoms with Crippen molar-refractivity contribution in [3.8, 4) is 5.75 Å². The zero-order valence-electron chi connectivity index (χ0n) is 10.9. The quantitative estimate of drug-likeness (QED) is 0.780. The number of thiol groups is 1. The van der Waals surface area contributed by atoms with Crippen molar-refractivity contribution in [3.05, 3.63) is 23.5 Å². The number of ether oxygens (including phenoxy) is 1. The molecule has 0 saturated heterocycles. The molecule has 0 fully saturated rings. The van der Waals surface area contributed by atoms with E-state index in [0.29, 0.717) is 5.75 Å². The fourth-order valence-electron chi connectivity index (χ4n) is 1.68. The maximum Gasteiger partial charge on any atom is 0.177 e. The molecule has 0 bridgehead atoms. The standard InChI is InChI=1S/C13H21FOS/c1-13(2,3)9-7-8-10(16(5)6)11(14)12(9)15-4/h7-8,16H,1-6H3. The zero-order valence-corrected chi connectivity index (χ0v) is 11.8. The van der Waals surface area contributed by atoms with Crippen molar-refractivity contribution >= 4 is 10.9 Å². The summed E-state index contributed by atoms with van der Waals surface area (Å²) in [6, 6.07) is 3.88. The topological polar surface area (TPSA) is 9.23 Å². The van der Waals surface area contributed by atoms with Crippen LogP contribution in [-0.2, 0) is 5.41 Å². The fourth-order valence-corrected chi connectivity index (χ4v) is 2.55. The van der Waals surface area contributed by atoms with E-state index in [1.54, 1.807) is 0 Å². The third-order valence-corrected chi connectivity index (χ3v) is 3.88. The van der Waals surface area contributed by atoms with Gasteiger partial charge in [-0.3, -0.25) is 0 Å². The molecule has 0 aromatic heterocycles. The van der Waals surface area contributed by atoms with Gasteiger partial charge in [0.25, 0.3) is 0 Å². The van der Waals surface area contributed by atoms with E-state index in [1.165, 1.54) is 7.11 Å². The van der Waals surface area contributed by atoms with Gasteiger partial charge in [0.2, 0.25) is 0 Å². The summed E-state index contributed by atoms with van der Waals surface area (Å²) in [5.74, 6) is 0.215. The Morgan fingerprint density at radius 3 is 2.12 bits per heavy atom. The first kappa shape index (κ1) is 13.4. The lowest BCUT2D eigenvalue weighted by atomic mass is 9.86. The Bertz CT molecular complexity index is 380. The smallest absolute Gasteiger partial charge is 0.177 e. The molecule has 0 radical (unpaired) electrons. The molecule has 0 N–H and O–H groups in total. The summed E-state index contributed by atoms with van der Waals surface area (Å²) in [5, 5.41) is 0. The number of hydrogen-bond acceptors (Lipinski definition) is 1. The minimum Gasteiger partial charge on any atom is -0.493 e. The third-order valence-electron chi connectivity index (χ3n) is 2.57. The minimum atomic E-state index is -0.442. The van der Waals surface area contributed by atoms with Gasteiger partial charge in [0.15, 0.2) is 11.6 Å². The van der Waals surface area contributed by atoms with E-state index in [0.717, 1.165) is 10.5 Å². The second kappa shape index (κ2) is 4.66. The highest BCUT2D eigenvalue weighted by Gasteiger charge is 2.23. The molecule has 1 aromatic rings. The van der Waals surface area contributed by atoms with Gasteiger partial charge in [-0.05, 0) is 24.0 Å². The SMILES string of the molecule is COc1c(C(C)(C)C)ccc([SH](C)C)c1F. The molecular weight excluding hydrogens is 223 g/mol. The Balaban J connectivity index is 3.41. The first-order valence-corrected chi connectivity index (χ1v) is 7.57. The molecule has 0 unspecified atom stereocenters. The van der Waals surface area contributed by atoms with Crippen molar-refractivity contribution in [3.63, 3.8) is 0 Å². The molecule has 0 aliphatic heterocycles. The molecule has 3 heteroatoms. The second-order valence-electron chi connectivity index (χ2n) is 5.12. The molecule has 1 nitrogen and oxygen atoms in total. The highest BCUT2D eigenvalue weighted by Crippen LogP contribution is 2.40. The van der Waals surface area contributed by atoms with Gasteiger partial charge in [0, 0.05) is 10.5 Å². The van der Waals surface area contributed by atoms with Crippen LogP contribution in [-0.4, -0.2) is 19.6 Å². The van der Waals surface area contributed by atoms with E-state index in [-0.39, 0.29) is 11.2 Å². The molecule has 0 heterocycles. The van der Waals surface area contributed by atoms with Gasteiger partial charge in [-0.1, -0.05) is 26.8 Å². The maximum absolute atomic E-state index is 14.2. The van der Waals surface area contributed by atoms with Gasteiger partial charge in [-0.2, -0.15) is 0 Å². The molecule has 16 heavy (non-hydrogen) atoms. The average Bonchev–Trinajstić information content (AvgIpc) is 2.15. The lowest BCUT2D eigenvalue weighted by Crippen LogP contribution is -2.14. The van der Waals surface area contributed by atoms with Gasteiger partial charge in [-0.25, -0.2) is 15.3 Å². The lowest BCUT2D eigenvalue weighted by Gasteiger charge is -2.24. The van der Waals surface area contributed by atoms with Crippen LogP contribution in [0.4, 0.5) is 4.39 Å². The van der Waals surface area contributed by atoms with E-state index >= 15 is 0 Å². The molecular formula is C13H21FOS. The third kappa shape index (κ3) is 2.51. The van der Waals surface area contributed by atoms with Crippen LogP contribution in [0.25, 0.3) is 0 Å². The van der Waals surface area contributed by atoms with Crippen LogP contribution in [0.3, 0.4) is 0 Å². The van der Waals surface area contributed by atoms with Crippen LogP contribution < -0.4 is 4.74 Å². The Labute approximate surface area is 100 Å². The first-order valence-electron chi connectivity index (χ1n) is 5.33. The van der Waals surface area contributed by atoms with E-state index in [4.69, 9.17) is 4.74 Å². The van der Waals surface area contributed by atoms with Crippen LogP contribution in [0.15, 0.2) is 17.0 Å². The summed E-state index contributed by atoms with van der Waals surface area (Å²) in [5.41, 5.74) is 0.822. The molecule has 0 spiro atoms. The molecule has 92 valence electrons. The van der Waals surface area contributed by atoms with Gasteiger partial charge in [-0.15, -0.1) is 0 Å². The van der Waals surface area contributed by atoms with Crippen LogP contribution in [0, 0.1) is 5.82 Å². The predicted molar refractivity (Wildman–Crippen MR) is 70.8 cm³/mol. The average molecular weight is 244 g/mol. The Morgan fingerprint density at radius 2 is 1.75 bits per heavy atom. The Kier molecular flexibility index (Phi) is 3.89. The van der Waals surface area contributed by atoms with Crippen molar-refractivity contribution < 1.29 is 9.13 Å². The fraction of sp³-hybridized carbons (Fsp3) is 0.538. The zero-order chi connectivity index (χ0) is 12.5. The van der Waals surface area contributed by atoms with Crippen LogP contribution in [0.1, 0.15) is 26.3 Å². The van der Waals surface area contributed by atoms with Crippen molar-refractivity contribution in [1.82, 2.24) is 0 Å².